The summed E-state index contributed by atoms with van der Waals surface area (Å²) in [7, 11) is 1.68. The predicted octanol–water partition coefficient (Wildman–Crippen LogP) is 2.26. The largest absolute Gasteiger partial charge is 0.481 e. The third kappa shape index (κ3) is 2.46. The summed E-state index contributed by atoms with van der Waals surface area (Å²) in [6.45, 7) is 0.710. The molecule has 1 saturated heterocycles. The molecule has 2 amide bonds. The Morgan fingerprint density at radius 2 is 2.12 bits per heavy atom. The van der Waals surface area contributed by atoms with Gasteiger partial charge in [0.2, 0.25) is 0 Å². The molecule has 2 N–H and O–H groups in total. The molecule has 7 heteroatoms. The van der Waals surface area contributed by atoms with Gasteiger partial charge in [-0.25, -0.2) is 4.79 Å². The predicted molar refractivity (Wildman–Crippen MR) is 97.2 cm³/mol. The molecule has 1 aromatic carbocycles. The second kappa shape index (κ2) is 5.86. The molecule has 7 nitrogen and oxygen atoms in total. The Kier molecular flexibility index (Phi) is 3.75. The number of nitrogens with zero attached hydrogens (tertiary/aromatic N) is 2. The number of hydrogen-bond acceptors (Lipinski definition) is 3. The number of carboxylic acid groups (broad SMARTS) is 1. The van der Waals surface area contributed by atoms with Crippen molar-refractivity contribution in [3.05, 3.63) is 40.8 Å². The summed E-state index contributed by atoms with van der Waals surface area (Å²) < 4.78 is 1.49. The number of aryl methyl sites for hydroxylation is 1. The molecule has 0 unspecified atom stereocenters. The lowest BCUT2D eigenvalue weighted by atomic mass is 9.81. The second-order valence-corrected chi connectivity index (χ2v) is 7.39. The van der Waals surface area contributed by atoms with Crippen LogP contribution in [0.15, 0.2) is 35.3 Å². The fraction of sp³-hybridized carbons (Fsp3) is 0.421. The third-order valence-electron chi connectivity index (χ3n) is 5.92. The van der Waals surface area contributed by atoms with E-state index in [1.54, 1.807) is 36.3 Å². The van der Waals surface area contributed by atoms with Crippen LogP contribution in [0.4, 0.5) is 10.5 Å². The summed E-state index contributed by atoms with van der Waals surface area (Å²) >= 11 is 0. The third-order valence-corrected chi connectivity index (χ3v) is 5.92. The number of hydrogen-bond donors (Lipinski definition) is 2. The summed E-state index contributed by atoms with van der Waals surface area (Å²) in [6, 6.07) is 6.75. The van der Waals surface area contributed by atoms with Crippen molar-refractivity contribution in [2.75, 3.05) is 18.4 Å². The summed E-state index contributed by atoms with van der Waals surface area (Å²) in [6.07, 6.45) is 4.09. The Morgan fingerprint density at radius 1 is 1.31 bits per heavy atom. The van der Waals surface area contributed by atoms with Crippen LogP contribution in [0.5, 0.6) is 0 Å². The first-order chi connectivity index (χ1) is 12.4. The summed E-state index contributed by atoms with van der Waals surface area (Å²) in [5, 5.41) is 13.8. The first-order valence-corrected chi connectivity index (χ1v) is 8.79. The smallest absolute Gasteiger partial charge is 0.321 e. The van der Waals surface area contributed by atoms with E-state index in [0.29, 0.717) is 24.0 Å². The Labute approximate surface area is 150 Å². The van der Waals surface area contributed by atoms with Crippen LogP contribution < -0.4 is 10.9 Å². The molecular weight excluding hydrogens is 334 g/mol. The number of carboxylic acids is 1. The number of fused-ring (bicyclic) bond motifs is 2. The van der Waals surface area contributed by atoms with Crippen molar-refractivity contribution < 1.29 is 14.7 Å². The molecular formula is C19H21N3O4. The molecule has 2 atom stereocenters. The van der Waals surface area contributed by atoms with Gasteiger partial charge in [0, 0.05) is 37.4 Å². The van der Waals surface area contributed by atoms with E-state index in [1.807, 2.05) is 6.07 Å². The van der Waals surface area contributed by atoms with E-state index < -0.39 is 11.4 Å². The number of aromatic nitrogens is 1. The van der Waals surface area contributed by atoms with Crippen LogP contribution in [-0.4, -0.2) is 39.7 Å². The zero-order valence-electron chi connectivity index (χ0n) is 14.6. The fourth-order valence-electron chi connectivity index (χ4n) is 4.41. The average molecular weight is 355 g/mol. The zero-order chi connectivity index (χ0) is 18.5. The van der Waals surface area contributed by atoms with Crippen LogP contribution in [-0.2, 0) is 11.8 Å². The molecule has 1 aliphatic heterocycles. The standard InChI is InChI=1S/C19H21N3O4/c1-21-8-6-12-4-5-14(9-15(12)16(21)23)20-18(26)22-10-13-3-2-7-19(13,11-22)17(24)25/h4-6,8-9,13H,2-3,7,10-11H2,1H3,(H,20,26)(H,24,25)/t13-,19+/m0/s1. The lowest BCUT2D eigenvalue weighted by molar-refractivity contribution is -0.149. The van der Waals surface area contributed by atoms with Gasteiger partial charge in [0.1, 0.15) is 0 Å². The van der Waals surface area contributed by atoms with Crippen molar-refractivity contribution in [2.45, 2.75) is 19.3 Å². The lowest BCUT2D eigenvalue weighted by Crippen LogP contribution is -2.38. The Morgan fingerprint density at radius 3 is 2.85 bits per heavy atom. The topological polar surface area (TPSA) is 91.6 Å². The summed E-state index contributed by atoms with van der Waals surface area (Å²) in [5.41, 5.74) is -0.386. The van der Waals surface area contributed by atoms with Crippen molar-refractivity contribution in [1.29, 1.82) is 0 Å². The molecule has 26 heavy (non-hydrogen) atoms. The van der Waals surface area contributed by atoms with Crippen LogP contribution in [0.3, 0.4) is 0 Å². The molecule has 0 radical (unpaired) electrons. The van der Waals surface area contributed by atoms with E-state index in [-0.39, 0.29) is 24.1 Å². The first-order valence-electron chi connectivity index (χ1n) is 8.79. The minimum Gasteiger partial charge on any atom is -0.481 e. The van der Waals surface area contributed by atoms with Crippen LogP contribution in [0.1, 0.15) is 19.3 Å². The molecule has 0 spiro atoms. The Balaban J connectivity index is 1.56. The highest BCUT2D eigenvalue weighted by Gasteiger charge is 2.55. The molecule has 2 aromatic rings. The number of pyridine rings is 1. The van der Waals surface area contributed by atoms with Gasteiger partial charge in [-0.2, -0.15) is 0 Å². The number of amides is 2. The molecule has 1 aliphatic carbocycles. The van der Waals surface area contributed by atoms with Gasteiger partial charge in [-0.05, 0) is 42.3 Å². The van der Waals surface area contributed by atoms with Crippen molar-refractivity contribution >= 4 is 28.5 Å². The average Bonchev–Trinajstić information content (AvgIpc) is 3.17. The molecule has 1 saturated carbocycles. The van der Waals surface area contributed by atoms with Gasteiger partial charge in [-0.3, -0.25) is 9.59 Å². The maximum absolute atomic E-state index is 12.6. The lowest BCUT2D eigenvalue weighted by Gasteiger charge is -2.23. The fourth-order valence-corrected chi connectivity index (χ4v) is 4.41. The highest BCUT2D eigenvalue weighted by molar-refractivity contribution is 5.94. The number of urea groups is 1. The van der Waals surface area contributed by atoms with Gasteiger partial charge in [-0.15, -0.1) is 0 Å². The van der Waals surface area contributed by atoms with E-state index in [4.69, 9.17) is 0 Å². The maximum Gasteiger partial charge on any atom is 0.321 e. The molecule has 1 aromatic heterocycles. The quantitative estimate of drug-likeness (QED) is 0.864. The number of aliphatic carboxylic acids is 1. The minimum atomic E-state index is -0.801. The second-order valence-electron chi connectivity index (χ2n) is 7.39. The molecule has 4 rings (SSSR count). The minimum absolute atomic E-state index is 0.0228. The normalized spacial score (nSPS) is 24.7. The molecule has 0 bridgehead atoms. The van der Waals surface area contributed by atoms with Crippen molar-refractivity contribution in [1.82, 2.24) is 9.47 Å². The molecule has 2 heterocycles. The number of rotatable bonds is 2. The number of benzene rings is 1. The van der Waals surface area contributed by atoms with E-state index in [1.165, 1.54) is 4.57 Å². The van der Waals surface area contributed by atoms with Crippen molar-refractivity contribution in [3.63, 3.8) is 0 Å². The van der Waals surface area contributed by atoms with Gasteiger partial charge in [-0.1, -0.05) is 12.5 Å². The number of likely N-dealkylation sites (tertiary alicyclic amines) is 1. The van der Waals surface area contributed by atoms with E-state index in [2.05, 4.69) is 5.32 Å². The van der Waals surface area contributed by atoms with Crippen LogP contribution in [0.25, 0.3) is 10.8 Å². The summed E-state index contributed by atoms with van der Waals surface area (Å²) in [4.78, 5) is 38.2. The van der Waals surface area contributed by atoms with E-state index in [9.17, 15) is 19.5 Å². The maximum atomic E-state index is 12.6. The number of carbonyl (C=O) groups excluding carboxylic acids is 1. The van der Waals surface area contributed by atoms with Crippen LogP contribution in [0, 0.1) is 11.3 Å². The SMILES string of the molecule is Cn1ccc2ccc(NC(=O)N3C[C@@H]4CCC[C@@]4(C(=O)O)C3)cc2c1=O. The Bertz CT molecular complexity index is 967. The zero-order valence-corrected chi connectivity index (χ0v) is 14.6. The number of anilines is 1. The van der Waals surface area contributed by atoms with Gasteiger partial charge in [0.05, 0.1) is 5.41 Å². The molecule has 2 fully saturated rings. The van der Waals surface area contributed by atoms with Crippen molar-refractivity contribution in [3.8, 4) is 0 Å². The molecule has 136 valence electrons. The van der Waals surface area contributed by atoms with Gasteiger partial charge < -0.3 is 19.9 Å². The highest BCUT2D eigenvalue weighted by atomic mass is 16.4. The van der Waals surface area contributed by atoms with Gasteiger partial charge in [0.25, 0.3) is 5.56 Å². The van der Waals surface area contributed by atoms with Crippen LogP contribution >= 0.6 is 0 Å². The van der Waals surface area contributed by atoms with Crippen LogP contribution in [0.2, 0.25) is 0 Å². The van der Waals surface area contributed by atoms with E-state index >= 15 is 0 Å². The monoisotopic (exact) mass is 355 g/mol. The van der Waals surface area contributed by atoms with E-state index in [0.717, 1.165) is 18.2 Å². The number of nitrogens with one attached hydrogen (secondary N) is 1. The first kappa shape index (κ1) is 16.6. The van der Waals surface area contributed by atoms with Gasteiger partial charge >= 0.3 is 12.0 Å². The van der Waals surface area contributed by atoms with Gasteiger partial charge in [0.15, 0.2) is 0 Å². The highest BCUT2D eigenvalue weighted by Crippen LogP contribution is 2.48. The Hall–Kier alpha value is -2.83. The molecule has 2 aliphatic rings. The summed E-state index contributed by atoms with van der Waals surface area (Å²) in [5.74, 6) is -0.779. The van der Waals surface area contributed by atoms with Crippen molar-refractivity contribution in [2.24, 2.45) is 18.4 Å². The number of carbonyl (C=O) groups is 2.